The fourth-order valence-corrected chi connectivity index (χ4v) is 3.47. The first kappa shape index (κ1) is 22.3. The number of halogens is 3. The van der Waals surface area contributed by atoms with Gasteiger partial charge in [-0.15, -0.1) is 0 Å². The average Bonchev–Trinajstić information content (AvgIpc) is 2.58. The van der Waals surface area contributed by atoms with Crippen LogP contribution in [0.4, 0.5) is 18.9 Å². The molecule has 0 amide bonds. The SMILES string of the molecule is CC[C@@H](C)S(=O)N[C@@](CO)(c1cccc([N+](=O)[O-])c1OCF)C(C)(F)F. The van der Waals surface area contributed by atoms with E-state index in [1.165, 1.54) is 0 Å². The van der Waals surface area contributed by atoms with Gasteiger partial charge in [-0.25, -0.2) is 22.1 Å². The highest BCUT2D eigenvalue weighted by Crippen LogP contribution is 2.45. The van der Waals surface area contributed by atoms with Crippen LogP contribution in [0.15, 0.2) is 18.2 Å². The van der Waals surface area contributed by atoms with E-state index >= 15 is 0 Å². The van der Waals surface area contributed by atoms with Crippen LogP contribution in [0.5, 0.6) is 5.75 Å². The third-order valence-electron chi connectivity index (χ3n) is 4.05. The van der Waals surface area contributed by atoms with Gasteiger partial charge in [-0.05, 0) is 13.3 Å². The van der Waals surface area contributed by atoms with Crippen LogP contribution in [0.1, 0.15) is 32.8 Å². The molecule has 0 aliphatic carbocycles. The molecule has 26 heavy (non-hydrogen) atoms. The molecule has 0 radical (unpaired) electrons. The summed E-state index contributed by atoms with van der Waals surface area (Å²) in [6, 6.07) is 3.09. The molecule has 1 aromatic rings. The van der Waals surface area contributed by atoms with Crippen molar-refractivity contribution in [3.8, 4) is 5.75 Å². The fraction of sp³-hybridized carbons (Fsp3) is 0.600. The van der Waals surface area contributed by atoms with Gasteiger partial charge < -0.3 is 9.84 Å². The minimum atomic E-state index is -3.73. The van der Waals surface area contributed by atoms with E-state index in [0.29, 0.717) is 13.3 Å². The monoisotopic (exact) mass is 398 g/mol. The number of benzene rings is 1. The first-order chi connectivity index (χ1) is 12.1. The molecule has 1 aromatic carbocycles. The largest absolute Gasteiger partial charge is 0.455 e. The van der Waals surface area contributed by atoms with Gasteiger partial charge in [0.2, 0.25) is 12.6 Å². The molecule has 0 aromatic heterocycles. The fourth-order valence-electron chi connectivity index (χ4n) is 2.27. The number of para-hydroxylation sites is 1. The second-order valence-corrected chi connectivity index (χ2v) is 7.34. The molecule has 2 N–H and O–H groups in total. The van der Waals surface area contributed by atoms with E-state index in [0.717, 1.165) is 18.2 Å². The van der Waals surface area contributed by atoms with Crippen LogP contribution >= 0.6 is 0 Å². The van der Waals surface area contributed by atoms with E-state index in [1.807, 2.05) is 0 Å². The predicted octanol–water partition coefficient (Wildman–Crippen LogP) is 2.80. The lowest BCUT2D eigenvalue weighted by Gasteiger charge is -2.39. The van der Waals surface area contributed by atoms with E-state index in [4.69, 9.17) is 0 Å². The summed E-state index contributed by atoms with van der Waals surface area (Å²) >= 11 is 0. The molecule has 3 atom stereocenters. The van der Waals surface area contributed by atoms with Crippen molar-refractivity contribution in [2.24, 2.45) is 0 Å². The number of nitrogens with one attached hydrogen (secondary N) is 1. The van der Waals surface area contributed by atoms with Crippen molar-refractivity contribution in [2.45, 2.75) is 43.9 Å². The number of hydrogen-bond acceptors (Lipinski definition) is 5. The Balaban J connectivity index is 3.70. The lowest BCUT2D eigenvalue weighted by molar-refractivity contribution is -0.386. The maximum atomic E-state index is 14.5. The summed E-state index contributed by atoms with van der Waals surface area (Å²) in [5.41, 5.74) is -3.99. The summed E-state index contributed by atoms with van der Waals surface area (Å²) in [5.74, 6) is -4.49. The third kappa shape index (κ3) is 4.33. The number of nitro benzene ring substituents is 1. The van der Waals surface area contributed by atoms with E-state index in [1.54, 1.807) is 13.8 Å². The molecule has 1 rings (SSSR count). The van der Waals surface area contributed by atoms with E-state index in [-0.39, 0.29) is 0 Å². The van der Waals surface area contributed by atoms with Crippen LogP contribution in [0.3, 0.4) is 0 Å². The van der Waals surface area contributed by atoms with Crippen LogP contribution in [-0.2, 0) is 16.5 Å². The van der Waals surface area contributed by atoms with E-state index in [9.17, 15) is 32.6 Å². The van der Waals surface area contributed by atoms with E-state index in [2.05, 4.69) is 9.46 Å². The molecule has 0 bridgehead atoms. The van der Waals surface area contributed by atoms with Crippen LogP contribution in [0.25, 0.3) is 0 Å². The molecule has 1 unspecified atom stereocenters. The zero-order valence-electron chi connectivity index (χ0n) is 14.5. The van der Waals surface area contributed by atoms with Gasteiger partial charge >= 0.3 is 5.69 Å². The van der Waals surface area contributed by atoms with Gasteiger partial charge in [0, 0.05) is 23.8 Å². The summed E-state index contributed by atoms with van der Waals surface area (Å²) in [7, 11) is -2.02. The highest BCUT2D eigenvalue weighted by molar-refractivity contribution is 7.83. The highest BCUT2D eigenvalue weighted by Gasteiger charge is 2.55. The molecule has 0 saturated carbocycles. The van der Waals surface area contributed by atoms with Gasteiger partial charge in [-0.2, -0.15) is 0 Å². The van der Waals surface area contributed by atoms with Crippen molar-refractivity contribution in [3.63, 3.8) is 0 Å². The highest BCUT2D eigenvalue weighted by atomic mass is 32.2. The molecule has 148 valence electrons. The lowest BCUT2D eigenvalue weighted by atomic mass is 9.85. The second kappa shape index (κ2) is 8.78. The number of alkyl halides is 3. The van der Waals surface area contributed by atoms with Crippen LogP contribution in [0, 0.1) is 10.1 Å². The third-order valence-corrected chi connectivity index (χ3v) is 5.67. The van der Waals surface area contributed by atoms with Crippen molar-refractivity contribution >= 4 is 16.7 Å². The molecule has 0 saturated heterocycles. The number of rotatable bonds is 10. The Morgan fingerprint density at radius 1 is 1.46 bits per heavy atom. The Kier molecular flexibility index (Phi) is 7.54. The quantitative estimate of drug-likeness (QED) is 0.466. The molecule has 0 aliphatic rings. The molecule has 11 heteroatoms. The van der Waals surface area contributed by atoms with Crippen LogP contribution < -0.4 is 9.46 Å². The van der Waals surface area contributed by atoms with Gasteiger partial charge in [0.25, 0.3) is 5.92 Å². The Labute approximate surface area is 151 Å². The Morgan fingerprint density at radius 2 is 2.08 bits per heavy atom. The molecule has 0 spiro atoms. The van der Waals surface area contributed by atoms with Gasteiger partial charge in [-0.3, -0.25) is 10.1 Å². The summed E-state index contributed by atoms with van der Waals surface area (Å²) in [5, 5.41) is 20.4. The average molecular weight is 398 g/mol. The zero-order valence-corrected chi connectivity index (χ0v) is 15.3. The van der Waals surface area contributed by atoms with Crippen molar-refractivity contribution in [1.82, 2.24) is 4.72 Å². The Bertz CT molecular complexity index is 671. The lowest BCUT2D eigenvalue weighted by Crippen LogP contribution is -2.58. The summed E-state index contributed by atoms with van der Waals surface area (Å²) < 4.78 is 61.0. The van der Waals surface area contributed by atoms with Crippen LogP contribution in [0.2, 0.25) is 0 Å². The number of ether oxygens (including phenoxy) is 1. The van der Waals surface area contributed by atoms with Gasteiger partial charge in [0.1, 0.15) is 5.54 Å². The minimum absolute atomic E-state index is 0.388. The number of aliphatic hydroxyl groups excluding tert-OH is 1. The van der Waals surface area contributed by atoms with Crippen molar-refractivity contribution < 1.29 is 32.1 Å². The van der Waals surface area contributed by atoms with Gasteiger partial charge in [-0.1, -0.05) is 19.1 Å². The summed E-state index contributed by atoms with van der Waals surface area (Å²) in [4.78, 5) is 10.2. The van der Waals surface area contributed by atoms with Gasteiger partial charge in [0.05, 0.1) is 22.5 Å². The Hall–Kier alpha value is -1.72. The van der Waals surface area contributed by atoms with Crippen molar-refractivity contribution in [3.05, 3.63) is 33.9 Å². The second-order valence-electron chi connectivity index (χ2n) is 5.73. The molecule has 7 nitrogen and oxygen atoms in total. The molecule has 0 aliphatic heterocycles. The molecule has 0 fully saturated rings. The topological polar surface area (TPSA) is 102 Å². The smallest absolute Gasteiger partial charge is 0.311 e. The number of nitro groups is 1. The first-order valence-corrected chi connectivity index (χ1v) is 8.90. The number of hydrogen-bond donors (Lipinski definition) is 2. The normalized spacial score (nSPS) is 16.6. The van der Waals surface area contributed by atoms with Crippen molar-refractivity contribution in [2.75, 3.05) is 13.5 Å². The minimum Gasteiger partial charge on any atom is -0.455 e. The first-order valence-electron chi connectivity index (χ1n) is 7.69. The van der Waals surface area contributed by atoms with E-state index < -0.39 is 63.1 Å². The summed E-state index contributed by atoms with van der Waals surface area (Å²) in [6.07, 6.45) is 0.388. The Morgan fingerprint density at radius 3 is 2.50 bits per heavy atom. The molecule has 0 heterocycles. The molecular formula is C15H21F3N2O5S. The standard InChI is InChI=1S/C15H21F3N2O5S/c1-4-10(2)26(24)19-15(8-21,14(3,17)18)11-6-5-7-12(20(22)23)13(11)25-9-16/h5-7,10,19,21H,4,8-9H2,1-3H3/t10-,15+,26?/m1/s1. The maximum Gasteiger partial charge on any atom is 0.311 e. The van der Waals surface area contributed by atoms with Gasteiger partial charge in [0.15, 0.2) is 0 Å². The maximum absolute atomic E-state index is 14.5. The van der Waals surface area contributed by atoms with Crippen LogP contribution in [-0.4, -0.2) is 38.9 Å². The van der Waals surface area contributed by atoms with Crippen molar-refractivity contribution in [1.29, 1.82) is 0 Å². The predicted molar refractivity (Wildman–Crippen MR) is 90.1 cm³/mol. The number of nitrogens with zero attached hydrogens (tertiary/aromatic N) is 1. The summed E-state index contributed by atoms with van der Waals surface area (Å²) in [6.45, 7) is 0.930. The molecular weight excluding hydrogens is 377 g/mol. The zero-order chi connectivity index (χ0) is 20.1. The number of aliphatic hydroxyl groups is 1.